The average Bonchev–Trinajstić information content (AvgIpc) is 2.25. The minimum atomic E-state index is -4.99. The number of aromatic nitrogens is 1. The molecule has 1 heterocycles. The normalized spacial score (nSPS) is 11.2. The zero-order valence-corrected chi connectivity index (χ0v) is 9.62. The van der Waals surface area contributed by atoms with Crippen LogP contribution in [0.5, 0.6) is 11.8 Å². The molecule has 0 saturated heterocycles. The van der Waals surface area contributed by atoms with Gasteiger partial charge in [-0.05, 0) is 5.56 Å². The monoisotopic (exact) mass is 283 g/mol. The zero-order valence-electron chi connectivity index (χ0n) is 9.62. The maximum absolute atomic E-state index is 12.8. The van der Waals surface area contributed by atoms with E-state index in [2.05, 4.69) is 14.5 Å². The molecule has 0 radical (unpaired) electrons. The molecule has 0 amide bonds. The molecule has 19 heavy (non-hydrogen) atoms. The fourth-order valence-corrected chi connectivity index (χ4v) is 1.38. The van der Waals surface area contributed by atoms with Gasteiger partial charge in [0.1, 0.15) is 6.67 Å². The highest BCUT2D eigenvalue weighted by Crippen LogP contribution is 2.29. The van der Waals surface area contributed by atoms with Crippen LogP contribution in [-0.2, 0) is 17.9 Å². The largest absolute Gasteiger partial charge is 0.574 e. The van der Waals surface area contributed by atoms with Crippen molar-refractivity contribution < 1.29 is 36.9 Å². The van der Waals surface area contributed by atoms with Crippen molar-refractivity contribution in [3.63, 3.8) is 0 Å². The molecule has 0 aliphatic carbocycles. The predicted octanol–water partition coefficient (Wildman–Crippen LogP) is 2.09. The summed E-state index contributed by atoms with van der Waals surface area (Å²) < 4.78 is 57.1. The Morgan fingerprint density at radius 1 is 1.47 bits per heavy atom. The van der Waals surface area contributed by atoms with E-state index in [1.165, 1.54) is 0 Å². The molecule has 0 aromatic carbocycles. The molecule has 0 saturated carbocycles. The third-order valence-corrected chi connectivity index (χ3v) is 2.04. The van der Waals surface area contributed by atoms with Crippen molar-refractivity contribution in [2.75, 3.05) is 7.11 Å². The number of rotatable bonds is 5. The van der Waals surface area contributed by atoms with Crippen LogP contribution in [0.1, 0.15) is 11.1 Å². The maximum Gasteiger partial charge on any atom is 0.574 e. The summed E-state index contributed by atoms with van der Waals surface area (Å²) in [6, 6.07) is 0.721. The van der Waals surface area contributed by atoms with Crippen LogP contribution in [0.2, 0.25) is 0 Å². The van der Waals surface area contributed by atoms with Gasteiger partial charge in [0.25, 0.3) is 0 Å². The Bertz CT molecular complexity index is 475. The van der Waals surface area contributed by atoms with E-state index in [9.17, 15) is 22.4 Å². The summed E-state index contributed by atoms with van der Waals surface area (Å²) in [7, 11) is 1.07. The summed E-state index contributed by atoms with van der Waals surface area (Å²) in [5.74, 6) is -2.68. The van der Waals surface area contributed by atoms with Gasteiger partial charge in [0, 0.05) is 11.6 Å². The maximum atomic E-state index is 12.8. The summed E-state index contributed by atoms with van der Waals surface area (Å²) in [5, 5.41) is 8.63. The van der Waals surface area contributed by atoms with Gasteiger partial charge in [-0.1, -0.05) is 0 Å². The van der Waals surface area contributed by atoms with Crippen molar-refractivity contribution in [3.05, 3.63) is 17.2 Å². The summed E-state index contributed by atoms with van der Waals surface area (Å²) >= 11 is 0. The first-order valence-corrected chi connectivity index (χ1v) is 4.87. The lowest BCUT2D eigenvalue weighted by Gasteiger charge is -2.13. The lowest BCUT2D eigenvalue weighted by Crippen LogP contribution is -2.19. The predicted molar refractivity (Wildman–Crippen MR) is 53.6 cm³/mol. The van der Waals surface area contributed by atoms with Gasteiger partial charge < -0.3 is 14.6 Å². The molecule has 0 aliphatic rings. The number of hydrogen-bond donors (Lipinski definition) is 1. The van der Waals surface area contributed by atoms with Crippen LogP contribution in [-0.4, -0.2) is 29.5 Å². The van der Waals surface area contributed by atoms with E-state index < -0.39 is 37.2 Å². The number of methoxy groups -OCH3 is 1. The molecule has 106 valence electrons. The fourth-order valence-electron chi connectivity index (χ4n) is 1.38. The van der Waals surface area contributed by atoms with Gasteiger partial charge in [-0.2, -0.15) is 4.98 Å². The topological polar surface area (TPSA) is 68.7 Å². The number of carboxylic acid groups (broad SMARTS) is 1. The van der Waals surface area contributed by atoms with E-state index in [1.54, 1.807) is 0 Å². The number of aliphatic carboxylic acids is 1. The Hall–Kier alpha value is -2.06. The van der Waals surface area contributed by atoms with Gasteiger partial charge >= 0.3 is 12.3 Å². The minimum Gasteiger partial charge on any atom is -0.481 e. The molecule has 9 heteroatoms. The lowest BCUT2D eigenvalue weighted by molar-refractivity contribution is -0.276. The van der Waals surface area contributed by atoms with Crippen LogP contribution >= 0.6 is 0 Å². The Kier molecular flexibility index (Phi) is 4.52. The van der Waals surface area contributed by atoms with E-state index in [0.29, 0.717) is 0 Å². The quantitative estimate of drug-likeness (QED) is 0.838. The van der Waals surface area contributed by atoms with Gasteiger partial charge in [-0.3, -0.25) is 4.79 Å². The van der Waals surface area contributed by atoms with Crippen LogP contribution in [0, 0.1) is 0 Å². The highest BCUT2D eigenvalue weighted by atomic mass is 19.4. The first-order chi connectivity index (χ1) is 8.76. The van der Waals surface area contributed by atoms with Gasteiger partial charge in [0.05, 0.1) is 13.5 Å². The summed E-state index contributed by atoms with van der Waals surface area (Å²) in [4.78, 5) is 13.9. The Balaban J connectivity index is 3.25. The number of carbonyl (C=O) groups is 1. The number of alkyl halides is 4. The van der Waals surface area contributed by atoms with Gasteiger partial charge in [0.15, 0.2) is 0 Å². The molecule has 0 bridgehead atoms. The number of ether oxygens (including phenoxy) is 2. The highest BCUT2D eigenvalue weighted by molar-refractivity contribution is 5.71. The molecule has 0 unspecified atom stereocenters. The van der Waals surface area contributed by atoms with Gasteiger partial charge in [-0.15, -0.1) is 13.2 Å². The molecule has 0 spiro atoms. The van der Waals surface area contributed by atoms with E-state index >= 15 is 0 Å². The molecule has 5 nitrogen and oxygen atoms in total. The van der Waals surface area contributed by atoms with Crippen LogP contribution in [0.3, 0.4) is 0 Å². The zero-order chi connectivity index (χ0) is 14.6. The Morgan fingerprint density at radius 2 is 2.11 bits per heavy atom. The second-order valence-electron chi connectivity index (χ2n) is 3.36. The molecular formula is C10H9F4NO4. The summed E-state index contributed by atoms with van der Waals surface area (Å²) in [5.41, 5.74) is -0.416. The third-order valence-electron chi connectivity index (χ3n) is 2.04. The van der Waals surface area contributed by atoms with E-state index in [0.717, 1.165) is 13.2 Å². The van der Waals surface area contributed by atoms with E-state index in [-0.39, 0.29) is 11.1 Å². The van der Waals surface area contributed by atoms with E-state index in [1.807, 2.05) is 0 Å². The van der Waals surface area contributed by atoms with Crippen molar-refractivity contribution in [2.24, 2.45) is 0 Å². The lowest BCUT2D eigenvalue weighted by atomic mass is 10.1. The molecule has 1 rings (SSSR count). The molecule has 0 fully saturated rings. The van der Waals surface area contributed by atoms with E-state index in [4.69, 9.17) is 5.11 Å². The number of pyridine rings is 1. The second kappa shape index (κ2) is 5.72. The van der Waals surface area contributed by atoms with Gasteiger partial charge in [-0.25, -0.2) is 4.39 Å². The smallest absolute Gasteiger partial charge is 0.481 e. The first kappa shape index (κ1) is 15.0. The number of carboxylic acids is 1. The summed E-state index contributed by atoms with van der Waals surface area (Å²) in [6.45, 7) is -1.12. The van der Waals surface area contributed by atoms with Crippen molar-refractivity contribution in [2.45, 2.75) is 19.5 Å². The van der Waals surface area contributed by atoms with Crippen LogP contribution in [0.4, 0.5) is 17.6 Å². The first-order valence-electron chi connectivity index (χ1n) is 4.87. The number of nitrogens with zero attached hydrogens (tertiary/aromatic N) is 1. The molecule has 1 aromatic heterocycles. The Labute approximate surface area is 104 Å². The fraction of sp³-hybridized carbons (Fsp3) is 0.400. The van der Waals surface area contributed by atoms with Crippen molar-refractivity contribution in [1.82, 2.24) is 4.98 Å². The molecule has 1 N–H and O–H groups in total. The Morgan fingerprint density at radius 3 is 2.53 bits per heavy atom. The SMILES string of the molecule is COc1nc(OC(F)(F)F)cc(CC(=O)O)c1CF. The third kappa shape index (κ3) is 4.27. The van der Waals surface area contributed by atoms with Crippen molar-refractivity contribution >= 4 is 5.97 Å². The molecule has 0 atom stereocenters. The minimum absolute atomic E-state index is 0.193. The molecule has 1 aromatic rings. The molecule has 0 aliphatic heterocycles. The standard InChI is InChI=1S/C10H9F4NO4/c1-18-9-6(4-11)5(3-8(16)17)2-7(15-9)19-10(12,13)14/h2H,3-4H2,1H3,(H,16,17). The summed E-state index contributed by atoms with van der Waals surface area (Å²) in [6.07, 6.45) is -5.66. The molecular weight excluding hydrogens is 274 g/mol. The van der Waals surface area contributed by atoms with Gasteiger partial charge in [0.2, 0.25) is 11.8 Å². The van der Waals surface area contributed by atoms with Crippen LogP contribution in [0.15, 0.2) is 6.07 Å². The van der Waals surface area contributed by atoms with Crippen LogP contribution < -0.4 is 9.47 Å². The van der Waals surface area contributed by atoms with Crippen LogP contribution in [0.25, 0.3) is 0 Å². The number of halogens is 4. The van der Waals surface area contributed by atoms with Crippen molar-refractivity contribution in [1.29, 1.82) is 0 Å². The number of hydrogen-bond acceptors (Lipinski definition) is 4. The average molecular weight is 283 g/mol. The highest BCUT2D eigenvalue weighted by Gasteiger charge is 2.32. The second-order valence-corrected chi connectivity index (χ2v) is 3.36. The van der Waals surface area contributed by atoms with Crippen molar-refractivity contribution in [3.8, 4) is 11.8 Å².